The quantitative estimate of drug-likeness (QED) is 0.644. The maximum Gasteiger partial charge on any atom is 0.252 e. The second-order valence-corrected chi connectivity index (χ2v) is 5.12. The van der Waals surface area contributed by atoms with Crippen LogP contribution in [0.4, 0.5) is 0 Å². The summed E-state index contributed by atoms with van der Waals surface area (Å²) in [5.74, 6) is -0.818. The maximum atomic E-state index is 11.4. The summed E-state index contributed by atoms with van der Waals surface area (Å²) < 4.78 is 10.8. The fourth-order valence-electron chi connectivity index (χ4n) is 1.53. The Kier molecular flexibility index (Phi) is 3.01. The molecule has 0 saturated carbocycles. The average molecular weight is 241 g/mol. The lowest BCUT2D eigenvalue weighted by atomic mass is 10.00. The van der Waals surface area contributed by atoms with Crippen LogP contribution in [0.5, 0.6) is 0 Å². The molecule has 1 aliphatic rings. The molecule has 1 saturated heterocycles. The van der Waals surface area contributed by atoms with Crippen LogP contribution in [0.1, 0.15) is 24.8 Å². The molecule has 0 unspecified atom stereocenters. The Morgan fingerprint density at radius 3 is 2.75 bits per heavy atom. The first-order chi connectivity index (χ1) is 7.53. The molecule has 0 bridgehead atoms. The Labute approximate surface area is 98.6 Å². The van der Waals surface area contributed by atoms with E-state index < -0.39 is 11.9 Å². The first-order valence-corrected chi connectivity index (χ1v) is 5.98. The molecule has 1 aromatic heterocycles. The van der Waals surface area contributed by atoms with Crippen molar-refractivity contribution in [2.45, 2.75) is 31.8 Å². The number of hydrogen-bond donors (Lipinski definition) is 1. The van der Waals surface area contributed by atoms with Crippen LogP contribution in [0.25, 0.3) is 0 Å². The fraction of sp³-hybridized carbons (Fsp3) is 0.545. The van der Waals surface area contributed by atoms with Crippen LogP contribution in [0, 0.1) is 0 Å². The molecule has 0 aromatic carbocycles. The van der Waals surface area contributed by atoms with Crippen LogP contribution >= 0.6 is 11.3 Å². The van der Waals surface area contributed by atoms with Crippen LogP contribution in [0.2, 0.25) is 0 Å². The summed E-state index contributed by atoms with van der Waals surface area (Å²) in [6, 6.07) is 3.91. The van der Waals surface area contributed by atoms with Gasteiger partial charge in [0.05, 0.1) is 6.04 Å². The molecule has 0 spiro atoms. The standard InChI is InChI=1S/C11H15NO3S/c1-11(2,14-3)15-9-8(12-10(9)13)7-5-4-6-16-7/h4-6,8-9H,1-3H3,(H,12,13)/t8-,9+/m0/s1. The van der Waals surface area contributed by atoms with Gasteiger partial charge in [-0.05, 0) is 25.3 Å². The SMILES string of the molecule is COC(C)(C)O[C@H]1C(=O)N[C@H]1c1cccs1. The van der Waals surface area contributed by atoms with E-state index in [2.05, 4.69) is 5.32 Å². The molecule has 1 aliphatic heterocycles. The summed E-state index contributed by atoms with van der Waals surface area (Å²) >= 11 is 1.61. The topological polar surface area (TPSA) is 47.6 Å². The van der Waals surface area contributed by atoms with Crippen LogP contribution in [-0.2, 0) is 14.3 Å². The van der Waals surface area contributed by atoms with Crippen molar-refractivity contribution in [3.05, 3.63) is 22.4 Å². The van der Waals surface area contributed by atoms with Crippen molar-refractivity contribution in [1.82, 2.24) is 5.32 Å². The highest BCUT2D eigenvalue weighted by Crippen LogP contribution is 2.32. The van der Waals surface area contributed by atoms with Gasteiger partial charge in [0.15, 0.2) is 11.9 Å². The molecule has 2 rings (SSSR count). The number of nitrogens with one attached hydrogen (secondary N) is 1. The van der Waals surface area contributed by atoms with Gasteiger partial charge >= 0.3 is 0 Å². The molecule has 88 valence electrons. The summed E-state index contributed by atoms with van der Waals surface area (Å²) in [4.78, 5) is 12.6. The minimum Gasteiger partial charge on any atom is -0.354 e. The number of thiophene rings is 1. The van der Waals surface area contributed by atoms with Gasteiger partial charge in [0.1, 0.15) is 0 Å². The molecule has 0 aliphatic carbocycles. The van der Waals surface area contributed by atoms with Gasteiger partial charge < -0.3 is 14.8 Å². The van der Waals surface area contributed by atoms with Crippen molar-refractivity contribution in [1.29, 1.82) is 0 Å². The number of methoxy groups -OCH3 is 1. The predicted molar refractivity (Wildman–Crippen MR) is 61.2 cm³/mol. The molecule has 2 heterocycles. The second kappa shape index (κ2) is 4.16. The normalized spacial score (nSPS) is 25.1. The second-order valence-electron chi connectivity index (χ2n) is 4.14. The summed E-state index contributed by atoms with van der Waals surface area (Å²) in [7, 11) is 1.57. The van der Waals surface area contributed by atoms with Crippen molar-refractivity contribution >= 4 is 17.2 Å². The number of ether oxygens (including phenoxy) is 2. The largest absolute Gasteiger partial charge is 0.354 e. The van der Waals surface area contributed by atoms with Crippen molar-refractivity contribution in [2.75, 3.05) is 7.11 Å². The zero-order chi connectivity index (χ0) is 11.8. The Morgan fingerprint density at radius 1 is 1.50 bits per heavy atom. The van der Waals surface area contributed by atoms with Crippen molar-refractivity contribution in [3.8, 4) is 0 Å². The highest BCUT2D eigenvalue weighted by atomic mass is 32.1. The summed E-state index contributed by atoms with van der Waals surface area (Å²) in [6.07, 6.45) is -0.450. The number of rotatable bonds is 4. The lowest BCUT2D eigenvalue weighted by molar-refractivity contribution is -0.238. The van der Waals surface area contributed by atoms with Gasteiger partial charge in [-0.2, -0.15) is 0 Å². The minimum absolute atomic E-state index is 0.0399. The molecule has 0 radical (unpaired) electrons. The molecule has 1 amide bonds. The third kappa shape index (κ3) is 2.11. The Balaban J connectivity index is 2.06. The molecule has 1 N–H and O–H groups in total. The fourth-order valence-corrected chi connectivity index (χ4v) is 2.33. The number of carbonyl (C=O) groups excluding carboxylic acids is 1. The van der Waals surface area contributed by atoms with E-state index >= 15 is 0 Å². The number of hydrogen-bond acceptors (Lipinski definition) is 4. The van der Waals surface area contributed by atoms with E-state index in [-0.39, 0.29) is 11.9 Å². The molecule has 1 fully saturated rings. The van der Waals surface area contributed by atoms with Crippen molar-refractivity contribution in [3.63, 3.8) is 0 Å². The van der Waals surface area contributed by atoms with Crippen molar-refractivity contribution in [2.24, 2.45) is 0 Å². The average Bonchev–Trinajstić information content (AvgIpc) is 2.76. The third-order valence-electron chi connectivity index (χ3n) is 2.61. The van der Waals surface area contributed by atoms with E-state index in [1.54, 1.807) is 32.3 Å². The van der Waals surface area contributed by atoms with E-state index in [4.69, 9.17) is 9.47 Å². The third-order valence-corrected chi connectivity index (χ3v) is 3.57. The van der Waals surface area contributed by atoms with E-state index in [0.717, 1.165) is 4.88 Å². The zero-order valence-corrected chi connectivity index (χ0v) is 10.3. The first-order valence-electron chi connectivity index (χ1n) is 5.10. The zero-order valence-electron chi connectivity index (χ0n) is 9.52. The van der Waals surface area contributed by atoms with Gasteiger partial charge in [-0.3, -0.25) is 4.79 Å². The van der Waals surface area contributed by atoms with E-state index in [9.17, 15) is 4.79 Å². The number of amides is 1. The van der Waals surface area contributed by atoms with Gasteiger partial charge in [-0.25, -0.2) is 0 Å². The molecular formula is C11H15NO3S. The Morgan fingerprint density at radius 2 is 2.25 bits per heavy atom. The summed E-state index contributed by atoms with van der Waals surface area (Å²) in [5, 5.41) is 4.82. The van der Waals surface area contributed by atoms with E-state index in [1.807, 2.05) is 17.5 Å². The molecule has 16 heavy (non-hydrogen) atoms. The lowest BCUT2D eigenvalue weighted by Gasteiger charge is -2.40. The van der Waals surface area contributed by atoms with E-state index in [0.29, 0.717) is 0 Å². The summed E-state index contributed by atoms with van der Waals surface area (Å²) in [5.41, 5.74) is 0. The van der Waals surface area contributed by atoms with Gasteiger partial charge in [0.25, 0.3) is 5.91 Å². The Hall–Kier alpha value is -0.910. The van der Waals surface area contributed by atoms with Gasteiger partial charge in [0.2, 0.25) is 0 Å². The first kappa shape index (κ1) is 11.6. The van der Waals surface area contributed by atoms with Crippen LogP contribution in [-0.4, -0.2) is 24.9 Å². The Bertz CT molecular complexity index is 375. The molecular weight excluding hydrogens is 226 g/mol. The van der Waals surface area contributed by atoms with Crippen LogP contribution in [0.15, 0.2) is 17.5 Å². The lowest BCUT2D eigenvalue weighted by Crippen LogP contribution is -2.59. The molecule has 2 atom stereocenters. The van der Waals surface area contributed by atoms with Crippen LogP contribution in [0.3, 0.4) is 0 Å². The van der Waals surface area contributed by atoms with Gasteiger partial charge in [0, 0.05) is 12.0 Å². The predicted octanol–water partition coefficient (Wildman–Crippen LogP) is 1.69. The van der Waals surface area contributed by atoms with Crippen LogP contribution < -0.4 is 5.32 Å². The van der Waals surface area contributed by atoms with Gasteiger partial charge in [-0.15, -0.1) is 11.3 Å². The minimum atomic E-state index is -0.738. The van der Waals surface area contributed by atoms with Gasteiger partial charge in [-0.1, -0.05) is 6.07 Å². The molecule has 1 aromatic rings. The monoisotopic (exact) mass is 241 g/mol. The highest BCUT2D eigenvalue weighted by molar-refractivity contribution is 7.10. The molecule has 5 heteroatoms. The number of β-lactam (4-membered cyclic amide) rings is 1. The number of carbonyl (C=O) groups is 1. The highest BCUT2D eigenvalue weighted by Gasteiger charge is 2.44. The summed E-state index contributed by atoms with van der Waals surface area (Å²) in [6.45, 7) is 3.59. The molecule has 4 nitrogen and oxygen atoms in total. The van der Waals surface area contributed by atoms with E-state index in [1.165, 1.54) is 0 Å². The van der Waals surface area contributed by atoms with Crippen molar-refractivity contribution < 1.29 is 14.3 Å². The maximum absolute atomic E-state index is 11.4. The smallest absolute Gasteiger partial charge is 0.252 e.